The number of carbonyl (C=O) groups excluding carboxylic acids is 1. The zero-order valence-corrected chi connectivity index (χ0v) is 24.5. The maximum Gasteiger partial charge on any atom is 0.490 e. The van der Waals surface area contributed by atoms with Gasteiger partial charge in [0, 0.05) is 30.3 Å². The van der Waals surface area contributed by atoms with E-state index in [1.807, 2.05) is 24.3 Å². The molecule has 5 rings (SSSR count). The molecule has 0 radical (unpaired) electrons. The van der Waals surface area contributed by atoms with Crippen LogP contribution in [-0.2, 0) is 22.6 Å². The number of nitrogens with one attached hydrogen (secondary N) is 1. The van der Waals surface area contributed by atoms with Gasteiger partial charge in [-0.2, -0.15) is 17.6 Å². The molecule has 6 nitrogen and oxygen atoms in total. The molecule has 0 saturated heterocycles. The number of carbonyl (C=O) groups is 2. The first-order valence-electron chi connectivity index (χ1n) is 14.5. The van der Waals surface area contributed by atoms with Gasteiger partial charge in [-0.15, -0.1) is 0 Å². The SMILES string of the molecule is O=C(C1=C(c2ccc(CCCOc3c(F)ccc(F)c3F)cc2)CCNC1)N(Cc1ccccc1F)C1CC1.O=C(O)C(F)(F)F. The van der Waals surface area contributed by atoms with E-state index >= 15 is 0 Å². The Morgan fingerprint density at radius 2 is 1.57 bits per heavy atom. The van der Waals surface area contributed by atoms with Crippen LogP contribution in [0.1, 0.15) is 42.4 Å². The highest BCUT2D eigenvalue weighted by Crippen LogP contribution is 2.33. The third-order valence-electron chi connectivity index (χ3n) is 7.43. The minimum absolute atomic E-state index is 0.0352. The number of rotatable bonds is 10. The normalized spacial score (nSPS) is 14.8. The van der Waals surface area contributed by atoms with Crippen molar-refractivity contribution in [1.29, 1.82) is 0 Å². The van der Waals surface area contributed by atoms with Gasteiger partial charge in [-0.25, -0.2) is 18.0 Å². The van der Waals surface area contributed by atoms with Gasteiger partial charge in [0.2, 0.25) is 5.82 Å². The van der Waals surface area contributed by atoms with Crippen molar-refractivity contribution in [2.45, 2.75) is 50.9 Å². The van der Waals surface area contributed by atoms with Crippen molar-refractivity contribution in [3.8, 4) is 5.75 Å². The summed E-state index contributed by atoms with van der Waals surface area (Å²) in [5, 5.41) is 10.4. The number of carboxylic acid groups (broad SMARTS) is 1. The number of aliphatic carboxylic acids is 1. The van der Waals surface area contributed by atoms with Crippen LogP contribution in [0, 0.1) is 23.3 Å². The molecule has 1 fully saturated rings. The summed E-state index contributed by atoms with van der Waals surface area (Å²) in [6.45, 7) is 1.50. The maximum atomic E-state index is 14.3. The van der Waals surface area contributed by atoms with E-state index in [1.54, 1.807) is 23.1 Å². The molecule has 0 unspecified atom stereocenters. The van der Waals surface area contributed by atoms with Gasteiger partial charge in [-0.1, -0.05) is 42.5 Å². The lowest BCUT2D eigenvalue weighted by molar-refractivity contribution is -0.192. The van der Waals surface area contributed by atoms with Gasteiger partial charge in [-0.05, 0) is 73.5 Å². The fourth-order valence-corrected chi connectivity index (χ4v) is 4.91. The predicted octanol–water partition coefficient (Wildman–Crippen LogP) is 6.83. The van der Waals surface area contributed by atoms with Crippen LogP contribution in [0.2, 0.25) is 0 Å². The number of hydrogen-bond acceptors (Lipinski definition) is 4. The third-order valence-corrected chi connectivity index (χ3v) is 7.43. The zero-order chi connectivity index (χ0) is 33.4. The number of ether oxygens (including phenoxy) is 1. The number of alkyl halides is 3. The third kappa shape index (κ3) is 9.09. The number of halogens is 7. The minimum atomic E-state index is -5.08. The Labute approximate surface area is 260 Å². The summed E-state index contributed by atoms with van der Waals surface area (Å²) in [4.78, 5) is 24.4. The zero-order valence-electron chi connectivity index (χ0n) is 24.5. The van der Waals surface area contributed by atoms with E-state index in [0.29, 0.717) is 36.9 Å². The Balaban J connectivity index is 0.000000617. The largest absolute Gasteiger partial charge is 0.490 e. The second-order valence-electron chi connectivity index (χ2n) is 10.8. The quantitative estimate of drug-likeness (QED) is 0.143. The molecule has 1 saturated carbocycles. The first-order valence-corrected chi connectivity index (χ1v) is 14.5. The first-order chi connectivity index (χ1) is 21.9. The molecule has 3 aromatic carbocycles. The van der Waals surface area contributed by atoms with E-state index in [0.717, 1.165) is 48.2 Å². The lowest BCUT2D eigenvalue weighted by atomic mass is 9.92. The number of hydrogen-bond donors (Lipinski definition) is 2. The van der Waals surface area contributed by atoms with Gasteiger partial charge < -0.3 is 20.1 Å². The summed E-state index contributed by atoms with van der Waals surface area (Å²) in [6, 6.07) is 16.2. The van der Waals surface area contributed by atoms with E-state index in [9.17, 15) is 35.5 Å². The number of carboxylic acids is 1. The van der Waals surface area contributed by atoms with Crippen LogP contribution in [0.5, 0.6) is 5.75 Å². The summed E-state index contributed by atoms with van der Waals surface area (Å²) >= 11 is 0. The first kappa shape index (κ1) is 34.5. The number of benzene rings is 3. The average Bonchev–Trinajstić information content (AvgIpc) is 3.88. The second kappa shape index (κ2) is 15.3. The Morgan fingerprint density at radius 3 is 2.20 bits per heavy atom. The maximum absolute atomic E-state index is 14.3. The van der Waals surface area contributed by atoms with E-state index in [2.05, 4.69) is 5.32 Å². The van der Waals surface area contributed by atoms with Gasteiger partial charge in [-0.3, -0.25) is 4.79 Å². The summed E-state index contributed by atoms with van der Waals surface area (Å²) in [5.41, 5.74) is 4.18. The summed E-state index contributed by atoms with van der Waals surface area (Å²) < 4.78 is 92.1. The average molecular weight is 653 g/mol. The second-order valence-corrected chi connectivity index (χ2v) is 10.8. The number of aryl methyl sites for hydroxylation is 1. The number of nitrogens with zero attached hydrogens (tertiary/aromatic N) is 1. The lowest BCUT2D eigenvalue weighted by Gasteiger charge is -2.28. The van der Waals surface area contributed by atoms with Crippen molar-refractivity contribution in [3.05, 3.63) is 106 Å². The van der Waals surface area contributed by atoms with Crippen LogP contribution >= 0.6 is 0 Å². The van der Waals surface area contributed by atoms with Crippen LogP contribution < -0.4 is 10.1 Å². The highest BCUT2D eigenvalue weighted by atomic mass is 19.4. The highest BCUT2D eigenvalue weighted by molar-refractivity contribution is 6.02. The van der Waals surface area contributed by atoms with E-state index in [4.69, 9.17) is 14.6 Å². The fourth-order valence-electron chi connectivity index (χ4n) is 4.91. The lowest BCUT2D eigenvalue weighted by Crippen LogP contribution is -2.39. The smallest absolute Gasteiger partial charge is 0.488 e. The van der Waals surface area contributed by atoms with Gasteiger partial charge in [0.1, 0.15) is 5.82 Å². The molecule has 1 aliphatic carbocycles. The molecule has 1 heterocycles. The van der Waals surface area contributed by atoms with E-state index < -0.39 is 35.3 Å². The van der Waals surface area contributed by atoms with Crippen molar-refractivity contribution in [3.63, 3.8) is 0 Å². The molecule has 0 spiro atoms. The molecule has 0 bridgehead atoms. The standard InChI is InChI=1S/C31H30F4N2O2.C2HF3O2/c32-26-6-2-1-5-22(26)19-37(23-11-12-23)31(38)25-18-36-16-15-24(25)21-9-7-20(8-10-21)4-3-17-39-30-28(34)14-13-27(33)29(30)35;3-2(4,5)1(6)7/h1-2,5-10,13-14,23,36H,3-4,11-12,15-19H2;(H,6,7). The Bertz CT molecular complexity index is 1570. The molecule has 46 heavy (non-hydrogen) atoms. The monoisotopic (exact) mass is 652 g/mol. The molecule has 246 valence electrons. The van der Waals surface area contributed by atoms with Crippen molar-refractivity contribution >= 4 is 17.4 Å². The summed E-state index contributed by atoms with van der Waals surface area (Å²) in [5.74, 6) is -7.23. The Hall–Kier alpha value is -4.39. The molecule has 0 aromatic heterocycles. The minimum Gasteiger partial charge on any atom is -0.488 e. The molecule has 2 N–H and O–H groups in total. The highest BCUT2D eigenvalue weighted by Gasteiger charge is 2.38. The number of amides is 1. The fraction of sp³-hybridized carbons (Fsp3) is 0.333. The molecular formula is C33H31F7N2O4. The van der Waals surface area contributed by atoms with Gasteiger partial charge >= 0.3 is 12.1 Å². The van der Waals surface area contributed by atoms with Crippen molar-refractivity contribution in [2.24, 2.45) is 0 Å². The van der Waals surface area contributed by atoms with Crippen LogP contribution in [0.25, 0.3) is 5.57 Å². The summed E-state index contributed by atoms with van der Waals surface area (Å²) in [6.07, 6.45) is -1.45. The van der Waals surface area contributed by atoms with Crippen LogP contribution in [-0.4, -0.2) is 53.8 Å². The van der Waals surface area contributed by atoms with Crippen molar-refractivity contribution < 1.29 is 50.2 Å². The Kier molecular flexibility index (Phi) is 11.4. The molecule has 2 aliphatic rings. The molecule has 0 atom stereocenters. The van der Waals surface area contributed by atoms with Gasteiger partial charge in [0.15, 0.2) is 17.4 Å². The molecular weight excluding hydrogens is 621 g/mol. The van der Waals surface area contributed by atoms with Gasteiger partial charge in [0.05, 0.1) is 6.61 Å². The molecule has 13 heteroatoms. The molecule has 1 aliphatic heterocycles. The van der Waals surface area contributed by atoms with Crippen molar-refractivity contribution in [1.82, 2.24) is 10.2 Å². The van der Waals surface area contributed by atoms with Gasteiger partial charge in [0.25, 0.3) is 5.91 Å². The molecule has 1 amide bonds. The van der Waals surface area contributed by atoms with Crippen LogP contribution in [0.4, 0.5) is 30.7 Å². The summed E-state index contributed by atoms with van der Waals surface area (Å²) in [7, 11) is 0. The topological polar surface area (TPSA) is 78.9 Å². The Morgan fingerprint density at radius 1 is 0.913 bits per heavy atom. The van der Waals surface area contributed by atoms with Crippen LogP contribution in [0.3, 0.4) is 0 Å². The van der Waals surface area contributed by atoms with Crippen molar-refractivity contribution in [2.75, 3.05) is 19.7 Å². The molecule has 3 aromatic rings. The van der Waals surface area contributed by atoms with E-state index in [-0.39, 0.29) is 30.9 Å². The predicted molar refractivity (Wildman–Crippen MR) is 155 cm³/mol. The van der Waals surface area contributed by atoms with Crippen LogP contribution in [0.15, 0.2) is 66.2 Å². The van der Waals surface area contributed by atoms with E-state index in [1.165, 1.54) is 6.07 Å².